The van der Waals surface area contributed by atoms with Gasteiger partial charge in [0.15, 0.2) is 0 Å². The lowest BCUT2D eigenvalue weighted by molar-refractivity contribution is -0.139. The molecule has 0 N–H and O–H groups in total. The molecule has 0 unspecified atom stereocenters. The maximum Gasteiger partial charge on any atom is 0.387 e. The molecule has 0 bridgehead atoms. The Kier molecular flexibility index (Phi) is 5.24. The monoisotopic (exact) mass is 269 g/mol. The highest BCUT2D eigenvalue weighted by Crippen LogP contribution is 2.27. The van der Waals surface area contributed by atoms with Gasteiger partial charge in [-0.25, -0.2) is 0 Å². The first-order valence-corrected chi connectivity index (χ1v) is 5.59. The fourth-order valence-electron chi connectivity index (χ4n) is 1.74. The van der Waals surface area contributed by atoms with E-state index in [1.165, 1.54) is 13.2 Å². The number of aryl methyl sites for hydroxylation is 1. The largest absolute Gasteiger partial charge is 0.469 e. The van der Waals surface area contributed by atoms with Crippen molar-refractivity contribution in [2.75, 3.05) is 7.11 Å². The normalized spacial score (nSPS) is 10.1. The van der Waals surface area contributed by atoms with Gasteiger partial charge in [0, 0.05) is 0 Å². The van der Waals surface area contributed by atoms with E-state index in [0.29, 0.717) is 12.0 Å². The summed E-state index contributed by atoms with van der Waals surface area (Å²) in [5, 5.41) is 9.09. The first-order chi connectivity index (χ1) is 9.03. The number of esters is 1. The Morgan fingerprint density at radius 3 is 2.63 bits per heavy atom. The van der Waals surface area contributed by atoms with Crippen molar-refractivity contribution < 1.29 is 23.0 Å². The average molecular weight is 269 g/mol. The van der Waals surface area contributed by atoms with Crippen LogP contribution in [0.5, 0.6) is 5.75 Å². The second-order valence-corrected chi connectivity index (χ2v) is 3.67. The number of hydrogen-bond donors (Lipinski definition) is 0. The molecule has 0 heterocycles. The average Bonchev–Trinajstić information content (AvgIpc) is 2.38. The smallest absolute Gasteiger partial charge is 0.387 e. The van der Waals surface area contributed by atoms with Crippen LogP contribution >= 0.6 is 0 Å². The summed E-state index contributed by atoms with van der Waals surface area (Å²) in [5.41, 5.74) is 1.05. The summed E-state index contributed by atoms with van der Waals surface area (Å²) >= 11 is 0. The number of carbonyl (C=O) groups is 1. The quantitative estimate of drug-likeness (QED) is 0.770. The minimum atomic E-state index is -3.02. The van der Waals surface area contributed by atoms with Gasteiger partial charge < -0.3 is 9.47 Å². The van der Waals surface area contributed by atoms with Crippen LogP contribution in [0.1, 0.15) is 23.6 Å². The van der Waals surface area contributed by atoms with Gasteiger partial charge in [-0.3, -0.25) is 4.79 Å². The SMILES string of the molecule is CCc1ccc(OC(F)F)c(C#N)c1CC(=O)OC. The maximum absolute atomic E-state index is 12.3. The van der Waals surface area contributed by atoms with Crippen LogP contribution in [0.4, 0.5) is 8.78 Å². The molecule has 1 aromatic rings. The van der Waals surface area contributed by atoms with Crippen molar-refractivity contribution in [1.29, 1.82) is 5.26 Å². The predicted molar refractivity (Wildman–Crippen MR) is 62.9 cm³/mol. The molecule has 0 fully saturated rings. The van der Waals surface area contributed by atoms with Crippen LogP contribution in [0.3, 0.4) is 0 Å². The second kappa shape index (κ2) is 6.69. The summed E-state index contributed by atoms with van der Waals surface area (Å²) in [6.07, 6.45) is 0.416. The summed E-state index contributed by atoms with van der Waals surface area (Å²) in [6, 6.07) is 4.68. The molecule has 0 radical (unpaired) electrons. The highest BCUT2D eigenvalue weighted by molar-refractivity contribution is 5.75. The molecule has 0 saturated heterocycles. The van der Waals surface area contributed by atoms with Gasteiger partial charge in [0.1, 0.15) is 11.8 Å². The maximum atomic E-state index is 12.3. The summed E-state index contributed by atoms with van der Waals surface area (Å²) in [4.78, 5) is 11.3. The Morgan fingerprint density at radius 1 is 1.47 bits per heavy atom. The highest BCUT2D eigenvalue weighted by Gasteiger charge is 2.18. The van der Waals surface area contributed by atoms with E-state index in [9.17, 15) is 13.6 Å². The third-order valence-corrected chi connectivity index (χ3v) is 2.63. The summed E-state index contributed by atoms with van der Waals surface area (Å²) in [7, 11) is 1.22. The Balaban J connectivity index is 3.29. The summed E-state index contributed by atoms with van der Waals surface area (Å²) in [5.74, 6) is -0.769. The van der Waals surface area contributed by atoms with Crippen molar-refractivity contribution in [2.45, 2.75) is 26.4 Å². The first kappa shape index (κ1) is 14.9. The van der Waals surface area contributed by atoms with Gasteiger partial charge in [-0.05, 0) is 23.6 Å². The second-order valence-electron chi connectivity index (χ2n) is 3.67. The van der Waals surface area contributed by atoms with Gasteiger partial charge in [-0.2, -0.15) is 14.0 Å². The number of nitriles is 1. The van der Waals surface area contributed by atoms with E-state index in [0.717, 1.165) is 5.56 Å². The van der Waals surface area contributed by atoms with E-state index in [-0.39, 0.29) is 17.7 Å². The third kappa shape index (κ3) is 3.65. The fourth-order valence-corrected chi connectivity index (χ4v) is 1.74. The fraction of sp³-hybridized carbons (Fsp3) is 0.385. The van der Waals surface area contributed by atoms with Gasteiger partial charge in [0.2, 0.25) is 0 Å². The Morgan fingerprint density at radius 2 is 2.16 bits per heavy atom. The number of benzene rings is 1. The van der Waals surface area contributed by atoms with E-state index in [1.54, 1.807) is 6.07 Å². The number of alkyl halides is 2. The lowest BCUT2D eigenvalue weighted by Gasteiger charge is -2.13. The number of carbonyl (C=O) groups excluding carboxylic acids is 1. The van der Waals surface area contributed by atoms with Crippen LogP contribution < -0.4 is 4.74 Å². The highest BCUT2D eigenvalue weighted by atomic mass is 19.3. The van der Waals surface area contributed by atoms with Gasteiger partial charge >= 0.3 is 12.6 Å². The standard InChI is InChI=1S/C13H13F2NO3/c1-3-8-4-5-11(19-13(14)15)10(7-16)9(8)6-12(17)18-2/h4-5,13H,3,6H2,1-2H3. The van der Waals surface area contributed by atoms with Crippen LogP contribution in [0.2, 0.25) is 0 Å². The molecule has 1 aromatic carbocycles. The van der Waals surface area contributed by atoms with E-state index in [4.69, 9.17) is 5.26 Å². The van der Waals surface area contributed by atoms with Crippen molar-refractivity contribution in [1.82, 2.24) is 0 Å². The molecule has 4 nitrogen and oxygen atoms in total. The van der Waals surface area contributed by atoms with Crippen molar-refractivity contribution in [3.63, 3.8) is 0 Å². The Bertz CT molecular complexity index is 509. The lowest BCUT2D eigenvalue weighted by atomic mass is 9.96. The van der Waals surface area contributed by atoms with Crippen LogP contribution in [-0.4, -0.2) is 19.7 Å². The zero-order valence-corrected chi connectivity index (χ0v) is 10.6. The number of hydrogen-bond acceptors (Lipinski definition) is 4. The van der Waals surface area contributed by atoms with Crippen molar-refractivity contribution in [3.8, 4) is 11.8 Å². The third-order valence-electron chi connectivity index (χ3n) is 2.63. The number of rotatable bonds is 5. The lowest BCUT2D eigenvalue weighted by Crippen LogP contribution is -2.11. The molecule has 19 heavy (non-hydrogen) atoms. The van der Waals surface area contributed by atoms with Gasteiger partial charge in [-0.1, -0.05) is 13.0 Å². The number of ether oxygens (including phenoxy) is 2. The molecule has 0 spiro atoms. The van der Waals surface area contributed by atoms with Gasteiger partial charge in [0.05, 0.1) is 19.1 Å². The zero-order chi connectivity index (χ0) is 14.4. The number of nitrogens with zero attached hydrogens (tertiary/aromatic N) is 1. The molecule has 0 aliphatic heterocycles. The van der Waals surface area contributed by atoms with Crippen molar-refractivity contribution >= 4 is 5.97 Å². The van der Waals surface area contributed by atoms with Crippen LogP contribution in [0, 0.1) is 11.3 Å². The van der Waals surface area contributed by atoms with Crippen LogP contribution in [0.25, 0.3) is 0 Å². The topological polar surface area (TPSA) is 59.3 Å². The molecule has 102 valence electrons. The Hall–Kier alpha value is -2.16. The molecule has 0 amide bonds. The molecule has 1 rings (SSSR count). The van der Waals surface area contributed by atoms with Crippen molar-refractivity contribution in [2.24, 2.45) is 0 Å². The van der Waals surface area contributed by atoms with E-state index < -0.39 is 12.6 Å². The molecule has 0 aliphatic rings. The summed E-state index contributed by atoms with van der Waals surface area (Å²) < 4.78 is 33.3. The van der Waals surface area contributed by atoms with Crippen LogP contribution in [-0.2, 0) is 22.4 Å². The summed E-state index contributed by atoms with van der Waals surface area (Å²) in [6.45, 7) is -1.18. The minimum absolute atomic E-state index is 0.0509. The van der Waals surface area contributed by atoms with Gasteiger partial charge in [0.25, 0.3) is 0 Å². The van der Waals surface area contributed by atoms with Gasteiger partial charge in [-0.15, -0.1) is 0 Å². The minimum Gasteiger partial charge on any atom is -0.469 e. The molecular formula is C13H13F2NO3. The van der Waals surface area contributed by atoms with E-state index in [1.807, 2.05) is 13.0 Å². The molecule has 0 aliphatic carbocycles. The van der Waals surface area contributed by atoms with Crippen LogP contribution in [0.15, 0.2) is 12.1 Å². The molecule has 0 aromatic heterocycles. The molecule has 0 atom stereocenters. The molecule has 6 heteroatoms. The zero-order valence-electron chi connectivity index (χ0n) is 10.6. The number of halogens is 2. The van der Waals surface area contributed by atoms with Crippen molar-refractivity contribution in [3.05, 3.63) is 28.8 Å². The Labute approximate surface area is 109 Å². The van der Waals surface area contributed by atoms with E-state index in [2.05, 4.69) is 9.47 Å². The predicted octanol–water partition coefficient (Wildman–Crippen LogP) is 2.44. The van der Waals surface area contributed by atoms with E-state index >= 15 is 0 Å². The molecular weight excluding hydrogens is 256 g/mol. The molecule has 0 saturated carbocycles. The first-order valence-electron chi connectivity index (χ1n) is 5.59. The number of methoxy groups -OCH3 is 1.